The molecule has 1 fully saturated rings. The Morgan fingerprint density at radius 1 is 0.381 bits per heavy atom. The predicted octanol–water partition coefficient (Wildman–Crippen LogP) is 13.5. The van der Waals surface area contributed by atoms with Gasteiger partial charge in [-0.05, 0) is 130 Å². The fourth-order valence-corrected chi connectivity index (χ4v) is 13.0. The monoisotopic (exact) mass is 811 g/mol. The zero-order chi connectivity index (χ0) is 42.2. The van der Waals surface area contributed by atoms with Gasteiger partial charge in [-0.1, -0.05) is 161 Å². The molecular formula is C59H50BN3. The minimum Gasteiger partial charge on any atom is -0.334 e. The number of hydrogen-bond acceptors (Lipinski definition) is 3. The van der Waals surface area contributed by atoms with Crippen LogP contribution in [-0.4, -0.2) is 12.3 Å². The van der Waals surface area contributed by atoms with Crippen molar-refractivity contribution in [2.75, 3.05) is 14.7 Å². The highest BCUT2D eigenvalue weighted by Crippen LogP contribution is 2.62. The van der Waals surface area contributed by atoms with Gasteiger partial charge >= 0.3 is 0 Å². The molecule has 0 bridgehead atoms. The predicted molar refractivity (Wildman–Crippen MR) is 266 cm³/mol. The average molecular weight is 812 g/mol. The summed E-state index contributed by atoms with van der Waals surface area (Å²) in [6.45, 7) is 10.1. The maximum atomic E-state index is 2.77. The molecule has 8 aromatic carbocycles. The number of nitrogens with zero attached hydrogens (tertiary/aromatic N) is 3. The summed E-state index contributed by atoms with van der Waals surface area (Å²) < 4.78 is 0. The van der Waals surface area contributed by atoms with E-state index in [9.17, 15) is 0 Å². The lowest BCUT2D eigenvalue weighted by Crippen LogP contribution is -2.67. The topological polar surface area (TPSA) is 9.72 Å². The summed E-state index contributed by atoms with van der Waals surface area (Å²) >= 11 is 0. The Balaban J connectivity index is 1.11. The number of benzene rings is 8. The Labute approximate surface area is 372 Å². The van der Waals surface area contributed by atoms with Crippen LogP contribution in [0.4, 0.5) is 45.5 Å². The molecule has 5 aliphatic rings. The van der Waals surface area contributed by atoms with Crippen LogP contribution in [0, 0.1) is 0 Å². The molecule has 0 amide bonds. The highest BCUT2D eigenvalue weighted by atomic mass is 15.3. The van der Waals surface area contributed by atoms with E-state index in [1.165, 1.54) is 120 Å². The van der Waals surface area contributed by atoms with Crippen LogP contribution < -0.4 is 31.1 Å². The Morgan fingerprint density at radius 3 is 1.37 bits per heavy atom. The Bertz CT molecular complexity index is 2970. The van der Waals surface area contributed by atoms with Gasteiger partial charge in [0.05, 0.1) is 5.54 Å². The zero-order valence-corrected chi connectivity index (χ0v) is 36.6. The van der Waals surface area contributed by atoms with Gasteiger partial charge in [0, 0.05) is 56.3 Å². The molecule has 3 nitrogen and oxygen atoms in total. The van der Waals surface area contributed by atoms with Crippen LogP contribution >= 0.6 is 0 Å². The second kappa shape index (κ2) is 13.1. The Kier molecular flexibility index (Phi) is 7.68. The SMILES string of the molecule is CC1(C)c2cccc3c2B2c4c(cc(N5c6ccccc6C6(C)CCCCC56C)cc4N(c4ccc(-c5ccccc5)cc4)c4cccc1c42)N3c1ccc(-c2ccccc2)cc1. The number of rotatable bonds is 5. The van der Waals surface area contributed by atoms with Gasteiger partial charge in [0.2, 0.25) is 0 Å². The Morgan fingerprint density at radius 2 is 0.825 bits per heavy atom. The van der Waals surface area contributed by atoms with Crippen molar-refractivity contribution in [3.63, 3.8) is 0 Å². The van der Waals surface area contributed by atoms with E-state index < -0.39 is 0 Å². The van der Waals surface area contributed by atoms with Gasteiger partial charge < -0.3 is 14.7 Å². The lowest BCUT2D eigenvalue weighted by molar-refractivity contribution is 0.195. The fourth-order valence-electron chi connectivity index (χ4n) is 13.0. The van der Waals surface area contributed by atoms with Crippen LogP contribution in [0.2, 0.25) is 0 Å². The van der Waals surface area contributed by atoms with E-state index in [-0.39, 0.29) is 23.1 Å². The molecule has 13 rings (SSSR count). The quantitative estimate of drug-likeness (QED) is 0.160. The molecule has 0 radical (unpaired) electrons. The number of fused-ring (bicyclic) bond motifs is 3. The van der Waals surface area contributed by atoms with Crippen molar-refractivity contribution in [1.29, 1.82) is 0 Å². The van der Waals surface area contributed by atoms with E-state index >= 15 is 0 Å². The zero-order valence-electron chi connectivity index (χ0n) is 36.6. The van der Waals surface area contributed by atoms with Crippen LogP contribution in [0.15, 0.2) is 182 Å². The van der Waals surface area contributed by atoms with Crippen LogP contribution in [-0.2, 0) is 10.8 Å². The maximum Gasteiger partial charge on any atom is 0.252 e. The van der Waals surface area contributed by atoms with Crippen molar-refractivity contribution in [1.82, 2.24) is 0 Å². The maximum absolute atomic E-state index is 2.77. The van der Waals surface area contributed by atoms with Gasteiger partial charge in [0.1, 0.15) is 0 Å². The first-order valence-corrected chi connectivity index (χ1v) is 23.0. The smallest absolute Gasteiger partial charge is 0.252 e. The number of para-hydroxylation sites is 1. The molecule has 0 aromatic heterocycles. The Hall–Kier alpha value is -6.78. The van der Waals surface area contributed by atoms with E-state index in [1.807, 2.05) is 0 Å². The van der Waals surface area contributed by atoms with Crippen molar-refractivity contribution >= 4 is 68.6 Å². The van der Waals surface area contributed by atoms with Gasteiger partial charge in [-0.3, -0.25) is 0 Å². The van der Waals surface area contributed by atoms with Crippen LogP contribution in [0.3, 0.4) is 0 Å². The molecule has 63 heavy (non-hydrogen) atoms. The van der Waals surface area contributed by atoms with Crippen molar-refractivity contribution in [3.8, 4) is 22.3 Å². The first-order chi connectivity index (χ1) is 30.8. The molecule has 2 atom stereocenters. The molecule has 1 aliphatic carbocycles. The molecule has 1 saturated carbocycles. The first kappa shape index (κ1) is 36.8. The summed E-state index contributed by atoms with van der Waals surface area (Å²) in [6.07, 6.45) is 4.84. The van der Waals surface area contributed by atoms with Crippen molar-refractivity contribution in [3.05, 3.63) is 199 Å². The molecule has 0 N–H and O–H groups in total. The molecule has 0 saturated heterocycles. The van der Waals surface area contributed by atoms with E-state index in [0.717, 1.165) is 6.42 Å². The molecule has 4 heterocycles. The van der Waals surface area contributed by atoms with Crippen molar-refractivity contribution in [2.45, 2.75) is 69.7 Å². The fraction of sp³-hybridized carbons (Fsp3) is 0.186. The summed E-state index contributed by atoms with van der Waals surface area (Å²) in [7, 11) is 0. The summed E-state index contributed by atoms with van der Waals surface area (Å²) in [6, 6.07) is 68.9. The van der Waals surface area contributed by atoms with Gasteiger partial charge in [0.25, 0.3) is 6.71 Å². The van der Waals surface area contributed by atoms with Crippen LogP contribution in [0.25, 0.3) is 22.3 Å². The molecule has 4 heteroatoms. The van der Waals surface area contributed by atoms with Gasteiger partial charge in [-0.25, -0.2) is 0 Å². The molecule has 0 spiro atoms. The lowest BCUT2D eigenvalue weighted by atomic mass is 9.28. The molecule has 8 aromatic rings. The van der Waals surface area contributed by atoms with E-state index in [4.69, 9.17) is 0 Å². The largest absolute Gasteiger partial charge is 0.334 e. The second-order valence-corrected chi connectivity index (χ2v) is 19.6. The molecule has 4 aliphatic heterocycles. The lowest BCUT2D eigenvalue weighted by Gasteiger charge is -2.52. The average Bonchev–Trinajstić information content (AvgIpc) is 3.54. The van der Waals surface area contributed by atoms with Gasteiger partial charge in [0.15, 0.2) is 0 Å². The highest BCUT2D eigenvalue weighted by molar-refractivity contribution is 7.01. The first-order valence-electron chi connectivity index (χ1n) is 23.0. The molecule has 2 unspecified atom stereocenters. The van der Waals surface area contributed by atoms with Gasteiger partial charge in [-0.15, -0.1) is 0 Å². The third-order valence-electron chi connectivity index (χ3n) is 16.2. The molecular weight excluding hydrogens is 761 g/mol. The summed E-state index contributed by atoms with van der Waals surface area (Å²) in [5.74, 6) is 0. The van der Waals surface area contributed by atoms with E-state index in [1.54, 1.807) is 0 Å². The van der Waals surface area contributed by atoms with Crippen LogP contribution in [0.5, 0.6) is 0 Å². The van der Waals surface area contributed by atoms with Crippen molar-refractivity contribution < 1.29 is 0 Å². The van der Waals surface area contributed by atoms with Crippen molar-refractivity contribution in [2.24, 2.45) is 0 Å². The summed E-state index contributed by atoms with van der Waals surface area (Å²) in [4.78, 5) is 8.00. The minimum absolute atomic E-state index is 0.0346. The third kappa shape index (κ3) is 4.93. The summed E-state index contributed by atoms with van der Waals surface area (Å²) in [5, 5.41) is 0. The standard InChI is InChI=1S/C59H50BN3/c1-57(2)47-22-15-25-50-54(47)60-55-48(57)23-16-26-51(55)62(44-33-29-42(30-34-44)40-19-9-6-10-20-40)53-38-45(63-49-24-12-11-21-46(49)58(3)35-13-14-36-59(58,63)4)37-52(56(53)60)61(50)43-31-27-41(28-32-43)39-17-7-5-8-18-39/h5-12,15-34,37-38H,13-14,35-36H2,1-4H3. The van der Waals surface area contributed by atoms with Gasteiger partial charge in [-0.2, -0.15) is 0 Å². The third-order valence-corrected chi connectivity index (χ3v) is 16.2. The number of hydrogen-bond donors (Lipinski definition) is 0. The highest BCUT2D eigenvalue weighted by Gasteiger charge is 2.58. The van der Waals surface area contributed by atoms with Crippen LogP contribution in [0.1, 0.15) is 70.1 Å². The van der Waals surface area contributed by atoms with E-state index in [2.05, 4.69) is 224 Å². The number of anilines is 8. The molecule has 304 valence electrons. The van der Waals surface area contributed by atoms with E-state index in [0.29, 0.717) is 0 Å². The summed E-state index contributed by atoms with van der Waals surface area (Å²) in [5.41, 5.74) is 23.3. The normalized spacial score (nSPS) is 20.6. The minimum atomic E-state index is -0.201. The second-order valence-electron chi connectivity index (χ2n) is 19.6.